The van der Waals surface area contributed by atoms with Crippen LogP contribution in [0.5, 0.6) is 0 Å². The van der Waals surface area contributed by atoms with Gasteiger partial charge in [0.15, 0.2) is 0 Å². The predicted octanol–water partition coefficient (Wildman–Crippen LogP) is 5.03. The highest BCUT2D eigenvalue weighted by molar-refractivity contribution is 9.11. The molecule has 1 heteroatoms. The molecule has 0 bridgehead atoms. The molecule has 0 nitrogen and oxygen atoms in total. The van der Waals surface area contributed by atoms with Crippen molar-refractivity contribution in [1.82, 2.24) is 0 Å². The molecule has 0 aliphatic rings. The topological polar surface area (TPSA) is 0 Å². The van der Waals surface area contributed by atoms with Crippen molar-refractivity contribution in [3.05, 3.63) is 64.6 Å². The van der Waals surface area contributed by atoms with Crippen LogP contribution in [0, 0.1) is 6.92 Å². The molecule has 80 valence electrons. The van der Waals surface area contributed by atoms with Gasteiger partial charge in [0.2, 0.25) is 0 Å². The van der Waals surface area contributed by atoms with Crippen molar-refractivity contribution in [2.75, 3.05) is 0 Å². The fraction of sp³-hybridized carbons (Fsp3) is 0.0667. The van der Waals surface area contributed by atoms with E-state index >= 15 is 0 Å². The predicted molar refractivity (Wildman–Crippen MR) is 74.6 cm³/mol. The van der Waals surface area contributed by atoms with Crippen molar-refractivity contribution in [1.29, 1.82) is 0 Å². The van der Waals surface area contributed by atoms with Gasteiger partial charge in [-0.2, -0.15) is 0 Å². The molecule has 0 aliphatic carbocycles. The first-order chi connectivity index (χ1) is 7.83. The van der Waals surface area contributed by atoms with Crippen LogP contribution >= 0.6 is 15.9 Å². The molecule has 0 aliphatic heterocycles. The molecule has 0 saturated carbocycles. The molecular formula is C15H13Br. The lowest BCUT2D eigenvalue weighted by molar-refractivity contribution is 1.43. The summed E-state index contributed by atoms with van der Waals surface area (Å²) in [6, 6.07) is 16.9. The van der Waals surface area contributed by atoms with Gasteiger partial charge in [-0.1, -0.05) is 64.5 Å². The summed E-state index contributed by atoms with van der Waals surface area (Å²) in [6.07, 6.45) is 2.07. The quantitative estimate of drug-likeness (QED) is 0.720. The van der Waals surface area contributed by atoms with Gasteiger partial charge >= 0.3 is 0 Å². The van der Waals surface area contributed by atoms with Gasteiger partial charge in [0, 0.05) is 0 Å². The van der Waals surface area contributed by atoms with E-state index in [0.717, 1.165) is 0 Å². The van der Waals surface area contributed by atoms with E-state index in [1.165, 1.54) is 22.3 Å². The summed E-state index contributed by atoms with van der Waals surface area (Å²) in [6.45, 7) is 2.16. The van der Waals surface area contributed by atoms with E-state index in [9.17, 15) is 0 Å². The number of hydrogen-bond acceptors (Lipinski definition) is 0. The second kappa shape index (κ2) is 5.13. The molecule has 0 aromatic heterocycles. The zero-order valence-corrected chi connectivity index (χ0v) is 10.7. The largest absolute Gasteiger partial charge is 0.0622 e. The monoisotopic (exact) mass is 272 g/mol. The van der Waals surface area contributed by atoms with Crippen molar-refractivity contribution in [3.8, 4) is 11.1 Å². The molecule has 0 atom stereocenters. The van der Waals surface area contributed by atoms with Crippen LogP contribution in [0.25, 0.3) is 17.2 Å². The lowest BCUT2D eigenvalue weighted by Gasteiger charge is -2.08. The molecule has 0 heterocycles. The third-order valence-corrected chi connectivity index (χ3v) is 2.97. The molecule has 0 N–H and O–H groups in total. The Hall–Kier alpha value is -1.34. The second-order valence-electron chi connectivity index (χ2n) is 3.68. The van der Waals surface area contributed by atoms with Gasteiger partial charge in [0.1, 0.15) is 0 Å². The van der Waals surface area contributed by atoms with Gasteiger partial charge in [-0.05, 0) is 40.2 Å². The van der Waals surface area contributed by atoms with Crippen molar-refractivity contribution in [3.63, 3.8) is 0 Å². The van der Waals surface area contributed by atoms with Crippen LogP contribution in [-0.2, 0) is 0 Å². The minimum absolute atomic E-state index is 1.25. The number of benzene rings is 2. The SMILES string of the molecule is Cc1c(C=CBr)cccc1-c1ccccc1. The van der Waals surface area contributed by atoms with Crippen LogP contribution in [0.4, 0.5) is 0 Å². The molecule has 2 aromatic rings. The molecule has 2 rings (SSSR count). The van der Waals surface area contributed by atoms with E-state index in [1.807, 2.05) is 11.1 Å². The molecule has 0 fully saturated rings. The molecule has 16 heavy (non-hydrogen) atoms. The third-order valence-electron chi connectivity index (χ3n) is 2.70. The highest BCUT2D eigenvalue weighted by Gasteiger charge is 2.03. The third kappa shape index (κ3) is 2.25. The van der Waals surface area contributed by atoms with Crippen LogP contribution in [0.2, 0.25) is 0 Å². The molecule has 2 aromatic carbocycles. The average Bonchev–Trinajstić information content (AvgIpc) is 2.33. The Morgan fingerprint density at radius 3 is 2.38 bits per heavy atom. The van der Waals surface area contributed by atoms with E-state index < -0.39 is 0 Å². The second-order valence-corrected chi connectivity index (χ2v) is 4.21. The summed E-state index contributed by atoms with van der Waals surface area (Å²) in [5, 5.41) is 0. The summed E-state index contributed by atoms with van der Waals surface area (Å²) in [7, 11) is 0. The van der Waals surface area contributed by atoms with Crippen LogP contribution in [-0.4, -0.2) is 0 Å². The van der Waals surface area contributed by atoms with Gasteiger partial charge < -0.3 is 0 Å². The minimum atomic E-state index is 1.25. The van der Waals surface area contributed by atoms with E-state index in [1.54, 1.807) is 0 Å². The van der Waals surface area contributed by atoms with E-state index in [4.69, 9.17) is 0 Å². The van der Waals surface area contributed by atoms with Crippen LogP contribution < -0.4 is 0 Å². The zero-order valence-electron chi connectivity index (χ0n) is 9.15. The molecule has 0 unspecified atom stereocenters. The molecule has 0 amide bonds. The first kappa shape index (κ1) is 11.2. The Bertz CT molecular complexity index is 498. The lowest BCUT2D eigenvalue weighted by atomic mass is 9.97. The van der Waals surface area contributed by atoms with E-state index in [2.05, 4.69) is 71.4 Å². The maximum Gasteiger partial charge on any atom is -0.0149 e. The van der Waals surface area contributed by atoms with Crippen molar-refractivity contribution in [2.24, 2.45) is 0 Å². The number of halogens is 1. The van der Waals surface area contributed by atoms with Crippen LogP contribution in [0.15, 0.2) is 53.5 Å². The summed E-state index contributed by atoms with van der Waals surface area (Å²) < 4.78 is 0. The summed E-state index contributed by atoms with van der Waals surface area (Å²) in [5.74, 6) is 0. The summed E-state index contributed by atoms with van der Waals surface area (Å²) >= 11 is 3.32. The Morgan fingerprint density at radius 2 is 1.69 bits per heavy atom. The smallest absolute Gasteiger partial charge is 0.0149 e. The minimum Gasteiger partial charge on any atom is -0.0622 e. The molecular weight excluding hydrogens is 260 g/mol. The fourth-order valence-electron chi connectivity index (χ4n) is 1.83. The lowest BCUT2D eigenvalue weighted by Crippen LogP contribution is -1.86. The highest BCUT2D eigenvalue weighted by atomic mass is 79.9. The van der Waals surface area contributed by atoms with Crippen molar-refractivity contribution >= 4 is 22.0 Å². The van der Waals surface area contributed by atoms with Crippen molar-refractivity contribution in [2.45, 2.75) is 6.92 Å². The number of rotatable bonds is 2. The maximum absolute atomic E-state index is 3.32. The molecule has 0 radical (unpaired) electrons. The van der Waals surface area contributed by atoms with Gasteiger partial charge in [-0.15, -0.1) is 0 Å². The average molecular weight is 273 g/mol. The van der Waals surface area contributed by atoms with Gasteiger partial charge in [0.05, 0.1) is 0 Å². The maximum atomic E-state index is 3.32. The first-order valence-electron chi connectivity index (χ1n) is 5.24. The van der Waals surface area contributed by atoms with Gasteiger partial charge in [0.25, 0.3) is 0 Å². The standard InChI is InChI=1S/C15H13Br/c1-12-13(10-11-16)8-5-9-15(12)14-6-3-2-4-7-14/h2-11H,1H3. The van der Waals surface area contributed by atoms with Crippen LogP contribution in [0.3, 0.4) is 0 Å². The normalized spacial score (nSPS) is 10.9. The highest BCUT2D eigenvalue weighted by Crippen LogP contribution is 2.26. The van der Waals surface area contributed by atoms with E-state index in [-0.39, 0.29) is 0 Å². The molecule has 0 spiro atoms. The van der Waals surface area contributed by atoms with E-state index in [0.29, 0.717) is 0 Å². The Morgan fingerprint density at radius 1 is 0.938 bits per heavy atom. The zero-order chi connectivity index (χ0) is 11.4. The van der Waals surface area contributed by atoms with Gasteiger partial charge in [-0.25, -0.2) is 0 Å². The van der Waals surface area contributed by atoms with Crippen LogP contribution in [0.1, 0.15) is 11.1 Å². The number of hydrogen-bond donors (Lipinski definition) is 0. The first-order valence-corrected chi connectivity index (χ1v) is 6.16. The van der Waals surface area contributed by atoms with Crippen molar-refractivity contribution < 1.29 is 0 Å². The summed E-state index contributed by atoms with van der Waals surface area (Å²) in [4.78, 5) is 1.89. The Balaban J connectivity index is 2.54. The van der Waals surface area contributed by atoms with Gasteiger partial charge in [-0.3, -0.25) is 0 Å². The molecule has 0 saturated heterocycles. The fourth-order valence-corrected chi connectivity index (χ4v) is 2.12. The Kier molecular flexibility index (Phi) is 3.58. The summed E-state index contributed by atoms with van der Waals surface area (Å²) in [5.41, 5.74) is 5.12. The Labute approximate surface area is 105 Å².